The number of halogens is 6. The van der Waals surface area contributed by atoms with Gasteiger partial charge in [0, 0.05) is 24.1 Å². The van der Waals surface area contributed by atoms with Gasteiger partial charge in [0.25, 0.3) is 0 Å². The summed E-state index contributed by atoms with van der Waals surface area (Å²) in [7, 11) is -3.88. The summed E-state index contributed by atoms with van der Waals surface area (Å²) in [6.45, 7) is 0. The first kappa shape index (κ1) is 24.0. The van der Waals surface area contributed by atoms with Gasteiger partial charge in [0.2, 0.25) is 0 Å². The summed E-state index contributed by atoms with van der Waals surface area (Å²) in [4.78, 5) is 15.9. The van der Waals surface area contributed by atoms with Crippen LogP contribution in [-0.4, -0.2) is 15.2 Å². The Morgan fingerprint density at radius 3 is 2.12 bits per heavy atom. The van der Waals surface area contributed by atoms with E-state index in [1.165, 1.54) is 30.5 Å². The summed E-state index contributed by atoms with van der Waals surface area (Å²) in [5.74, 6) is 0. The number of urea groups is 1. The lowest BCUT2D eigenvalue weighted by Crippen LogP contribution is -2.26. The average Bonchev–Trinajstić information content (AvgIpc) is 2.72. The molecule has 7 nitrogen and oxygen atoms in total. The number of anilines is 1. The zero-order chi connectivity index (χ0) is 24.4. The second kappa shape index (κ2) is 8.69. The van der Waals surface area contributed by atoms with Crippen LogP contribution in [0, 0.1) is 5.21 Å². The summed E-state index contributed by atoms with van der Waals surface area (Å²) >= 11 is 0. The number of rotatable bonds is 3. The van der Waals surface area contributed by atoms with Gasteiger partial charge in [0.05, 0.1) is 16.0 Å². The van der Waals surface area contributed by atoms with E-state index in [2.05, 4.69) is 9.35 Å². The monoisotopic (exact) mass is 490 g/mol. The van der Waals surface area contributed by atoms with E-state index in [0.29, 0.717) is 0 Å². The van der Waals surface area contributed by atoms with Gasteiger partial charge < -0.3 is 10.5 Å². The Bertz CT molecular complexity index is 1270. The van der Waals surface area contributed by atoms with Gasteiger partial charge in [-0.15, -0.1) is 4.36 Å². The van der Waals surface area contributed by atoms with Crippen molar-refractivity contribution >= 4 is 21.4 Å². The molecule has 0 aliphatic carbocycles. The minimum Gasteiger partial charge on any atom is -0.619 e. The summed E-state index contributed by atoms with van der Waals surface area (Å²) < 4.78 is 95.6. The molecule has 0 saturated heterocycles. The van der Waals surface area contributed by atoms with Crippen LogP contribution in [0.3, 0.4) is 0 Å². The molecule has 3 rings (SSSR count). The molecular weight excluding hydrogens is 478 g/mol. The largest absolute Gasteiger partial charge is 0.619 e. The quantitative estimate of drug-likeness (QED) is 0.322. The number of alkyl halides is 6. The molecule has 0 unspecified atom stereocenters. The number of hydrogen-bond donors (Lipinski definition) is 1. The molecule has 0 aliphatic heterocycles. The van der Waals surface area contributed by atoms with Crippen molar-refractivity contribution < 1.29 is 40.1 Å². The van der Waals surface area contributed by atoms with E-state index >= 15 is 0 Å². The van der Waals surface area contributed by atoms with Crippen molar-refractivity contribution in [2.45, 2.75) is 22.1 Å². The van der Waals surface area contributed by atoms with Crippen LogP contribution in [0.2, 0.25) is 0 Å². The molecule has 0 fully saturated rings. The van der Waals surface area contributed by atoms with Crippen LogP contribution < -0.4 is 10.0 Å². The van der Waals surface area contributed by atoms with Crippen molar-refractivity contribution in [3.63, 3.8) is 0 Å². The third-order valence-corrected chi connectivity index (χ3v) is 6.26. The summed E-state index contributed by atoms with van der Waals surface area (Å²) in [6.07, 6.45) is -5.93. The SMILES string of the molecule is O=C(N=[S@](=O)(c1cccnc1)c1ccc[n+]([O-])c1)Nc1cc(C(F)(F)F)cc(C(F)(F)F)c1. The molecule has 0 aliphatic rings. The van der Waals surface area contributed by atoms with Gasteiger partial charge in [-0.1, -0.05) is 0 Å². The van der Waals surface area contributed by atoms with E-state index in [9.17, 15) is 40.6 Å². The topological polar surface area (TPSA) is 98.4 Å². The molecule has 14 heteroatoms. The van der Waals surface area contributed by atoms with Crippen molar-refractivity contribution in [3.05, 3.63) is 83.6 Å². The fourth-order valence-electron chi connectivity index (χ4n) is 2.64. The van der Waals surface area contributed by atoms with Crippen molar-refractivity contribution in [2.75, 3.05) is 5.32 Å². The van der Waals surface area contributed by atoms with Crippen molar-refractivity contribution in [1.29, 1.82) is 0 Å². The lowest BCUT2D eigenvalue weighted by Gasteiger charge is -2.14. The fraction of sp³-hybridized carbons (Fsp3) is 0.105. The predicted molar refractivity (Wildman–Crippen MR) is 102 cm³/mol. The van der Waals surface area contributed by atoms with Crippen LogP contribution in [-0.2, 0) is 22.1 Å². The number of carbonyl (C=O) groups excluding carboxylic acids is 1. The Labute approximate surface area is 182 Å². The maximum atomic E-state index is 13.6. The number of carbonyl (C=O) groups is 1. The highest BCUT2D eigenvalue weighted by Gasteiger charge is 2.37. The van der Waals surface area contributed by atoms with Crippen molar-refractivity contribution in [1.82, 2.24) is 4.98 Å². The van der Waals surface area contributed by atoms with Crippen molar-refractivity contribution in [3.8, 4) is 0 Å². The van der Waals surface area contributed by atoms with E-state index in [1.54, 1.807) is 5.32 Å². The standard InChI is InChI=1S/C19H12F6N4O3S/c20-18(21,22)12-7-13(19(23,24)25)9-14(8-12)27-17(30)28-33(32,15-3-1-5-26-10-15)16-4-2-6-29(31)11-16/h1-11H,(H,27,30)/t33-/m0/s1. The molecule has 1 atom stereocenters. The van der Waals surface area contributed by atoms with Crippen LogP contribution in [0.1, 0.15) is 11.1 Å². The number of amides is 2. The minimum atomic E-state index is -5.13. The smallest absolute Gasteiger partial charge is 0.416 e. The highest BCUT2D eigenvalue weighted by atomic mass is 32.2. The van der Waals surface area contributed by atoms with Gasteiger partial charge in [-0.2, -0.15) is 31.1 Å². The molecule has 0 saturated carbocycles. The lowest BCUT2D eigenvalue weighted by atomic mass is 10.1. The number of nitrogens with one attached hydrogen (secondary N) is 1. The zero-order valence-corrected chi connectivity index (χ0v) is 16.9. The van der Waals surface area contributed by atoms with E-state index in [1.807, 2.05) is 0 Å². The number of aromatic nitrogens is 2. The Hall–Kier alpha value is -3.68. The van der Waals surface area contributed by atoms with Crippen LogP contribution in [0.5, 0.6) is 0 Å². The normalized spacial score (nSPS) is 13.8. The molecule has 0 bridgehead atoms. The molecular formula is C19H12F6N4O3S. The van der Waals surface area contributed by atoms with Crippen LogP contribution in [0.15, 0.2) is 81.4 Å². The first-order chi connectivity index (χ1) is 15.3. The van der Waals surface area contributed by atoms with E-state index in [0.717, 1.165) is 18.6 Å². The second-order valence-corrected chi connectivity index (χ2v) is 8.61. The van der Waals surface area contributed by atoms with Gasteiger partial charge in [0.15, 0.2) is 12.4 Å². The predicted octanol–water partition coefficient (Wildman–Crippen LogP) is 4.87. The highest BCUT2D eigenvalue weighted by Crippen LogP contribution is 2.37. The molecule has 3 aromatic rings. The molecule has 1 aromatic carbocycles. The van der Waals surface area contributed by atoms with Gasteiger partial charge in [-0.05, 0) is 36.4 Å². The summed E-state index contributed by atoms with van der Waals surface area (Å²) in [6, 6.07) is 4.02. The molecule has 33 heavy (non-hydrogen) atoms. The van der Waals surface area contributed by atoms with Gasteiger partial charge in [-0.25, -0.2) is 9.00 Å². The highest BCUT2D eigenvalue weighted by molar-refractivity contribution is 7.94. The average molecular weight is 490 g/mol. The Morgan fingerprint density at radius 1 is 1.00 bits per heavy atom. The lowest BCUT2D eigenvalue weighted by molar-refractivity contribution is -0.607. The molecule has 0 spiro atoms. The maximum Gasteiger partial charge on any atom is 0.416 e. The number of benzene rings is 1. The molecule has 174 valence electrons. The van der Waals surface area contributed by atoms with Crippen LogP contribution >= 0.6 is 0 Å². The second-order valence-electron chi connectivity index (χ2n) is 6.43. The zero-order valence-electron chi connectivity index (χ0n) is 16.1. The van der Waals surface area contributed by atoms with E-state index in [4.69, 9.17) is 0 Å². The van der Waals surface area contributed by atoms with Gasteiger partial charge in [-0.3, -0.25) is 4.98 Å². The minimum absolute atomic E-state index is 0.109. The Morgan fingerprint density at radius 2 is 1.61 bits per heavy atom. The molecule has 2 aromatic heterocycles. The van der Waals surface area contributed by atoms with E-state index < -0.39 is 44.9 Å². The van der Waals surface area contributed by atoms with Crippen LogP contribution in [0.25, 0.3) is 0 Å². The van der Waals surface area contributed by atoms with Crippen LogP contribution in [0.4, 0.5) is 36.8 Å². The van der Waals surface area contributed by atoms with Crippen molar-refractivity contribution in [2.24, 2.45) is 4.36 Å². The summed E-state index contributed by atoms with van der Waals surface area (Å²) in [5, 5.41) is 13.4. The third-order valence-electron chi connectivity index (χ3n) is 4.07. The Kier molecular flexibility index (Phi) is 6.31. The molecule has 2 amide bonds. The third kappa shape index (κ3) is 5.58. The maximum absolute atomic E-state index is 13.6. The molecule has 0 radical (unpaired) electrons. The molecule has 1 N–H and O–H groups in total. The Balaban J connectivity index is 2.10. The number of pyridine rings is 2. The van der Waals surface area contributed by atoms with E-state index in [-0.39, 0.29) is 32.7 Å². The van der Waals surface area contributed by atoms with Gasteiger partial charge >= 0.3 is 18.4 Å². The number of nitrogens with zero attached hydrogens (tertiary/aromatic N) is 3. The first-order valence-electron chi connectivity index (χ1n) is 8.75. The fourth-order valence-corrected chi connectivity index (χ4v) is 4.38. The number of hydrogen-bond acceptors (Lipinski definition) is 4. The first-order valence-corrected chi connectivity index (χ1v) is 10.3. The summed E-state index contributed by atoms with van der Waals surface area (Å²) in [5.41, 5.74) is -4.18. The van der Waals surface area contributed by atoms with Gasteiger partial charge in [0.1, 0.15) is 14.6 Å². The molecule has 2 heterocycles.